The predicted octanol–water partition coefficient (Wildman–Crippen LogP) is 3.08. The Hall–Kier alpha value is -2.48. The average molecular weight is 246 g/mol. The van der Waals surface area contributed by atoms with Crippen LogP contribution < -0.4 is 0 Å². The molecule has 1 nitrogen and oxygen atoms in total. The lowest BCUT2D eigenvalue weighted by Gasteiger charge is -2.03. The van der Waals surface area contributed by atoms with Crippen LogP contribution in [0.25, 0.3) is 0 Å². The van der Waals surface area contributed by atoms with Crippen LogP contribution in [-0.4, -0.2) is 5.11 Å². The quantitative estimate of drug-likeness (QED) is 0.767. The highest BCUT2D eigenvalue weighted by atomic mass is 16.3. The number of rotatable bonds is 1. The molecule has 2 aromatic carbocycles. The van der Waals surface area contributed by atoms with E-state index in [2.05, 4.69) is 23.7 Å². The summed E-state index contributed by atoms with van der Waals surface area (Å²) < 4.78 is 0. The van der Waals surface area contributed by atoms with Crippen LogP contribution in [0, 0.1) is 30.6 Å². The van der Waals surface area contributed by atoms with Gasteiger partial charge in [0.2, 0.25) is 0 Å². The van der Waals surface area contributed by atoms with Gasteiger partial charge in [-0.3, -0.25) is 0 Å². The van der Waals surface area contributed by atoms with Crippen molar-refractivity contribution in [3.05, 3.63) is 71.3 Å². The van der Waals surface area contributed by atoms with Crippen LogP contribution in [-0.2, 0) is 0 Å². The first kappa shape index (κ1) is 13.0. The molecule has 0 aliphatic carbocycles. The number of hydrogen-bond acceptors (Lipinski definition) is 1. The second kappa shape index (κ2) is 6.45. The molecule has 1 heteroatoms. The SMILES string of the molecule is Cc1cccc(C(O)C#CC#Cc2ccccc2)c1. The Balaban J connectivity index is 2.07. The van der Waals surface area contributed by atoms with Gasteiger partial charge in [-0.05, 0) is 36.5 Å². The van der Waals surface area contributed by atoms with Crippen LogP contribution in [0.3, 0.4) is 0 Å². The maximum Gasteiger partial charge on any atom is 0.141 e. The number of aryl methyl sites for hydroxylation is 1. The lowest BCUT2D eigenvalue weighted by molar-refractivity contribution is 0.238. The Morgan fingerprint density at radius 3 is 2.47 bits per heavy atom. The van der Waals surface area contributed by atoms with Crippen LogP contribution in [0.5, 0.6) is 0 Å². The first-order valence-electron chi connectivity index (χ1n) is 6.07. The zero-order chi connectivity index (χ0) is 13.5. The summed E-state index contributed by atoms with van der Waals surface area (Å²) in [7, 11) is 0. The molecule has 0 spiro atoms. The summed E-state index contributed by atoms with van der Waals surface area (Å²) >= 11 is 0. The zero-order valence-electron chi connectivity index (χ0n) is 10.7. The summed E-state index contributed by atoms with van der Waals surface area (Å²) in [4.78, 5) is 0. The topological polar surface area (TPSA) is 20.2 Å². The van der Waals surface area contributed by atoms with Gasteiger partial charge in [-0.25, -0.2) is 0 Å². The van der Waals surface area contributed by atoms with Crippen molar-refractivity contribution in [2.75, 3.05) is 0 Å². The summed E-state index contributed by atoms with van der Waals surface area (Å²) in [5, 5.41) is 9.90. The fourth-order valence-corrected chi connectivity index (χ4v) is 1.65. The minimum absolute atomic E-state index is 0.787. The Bertz CT molecular complexity index is 663. The Kier molecular flexibility index (Phi) is 4.40. The third-order valence-corrected chi connectivity index (χ3v) is 2.61. The van der Waals surface area contributed by atoms with Crippen LogP contribution >= 0.6 is 0 Å². The normalized spacial score (nSPS) is 10.6. The molecule has 0 saturated carbocycles. The van der Waals surface area contributed by atoms with Gasteiger partial charge in [0.05, 0.1) is 0 Å². The van der Waals surface area contributed by atoms with Crippen molar-refractivity contribution in [2.24, 2.45) is 0 Å². The molecular formula is C18H14O. The van der Waals surface area contributed by atoms with Gasteiger partial charge in [0.25, 0.3) is 0 Å². The third kappa shape index (κ3) is 4.03. The molecule has 0 fully saturated rings. The molecule has 1 N–H and O–H groups in total. The molecule has 0 aromatic heterocycles. The molecule has 0 amide bonds. The number of aliphatic hydroxyl groups excluding tert-OH is 1. The molecule has 2 aromatic rings. The van der Waals surface area contributed by atoms with Gasteiger partial charge < -0.3 is 5.11 Å². The first-order valence-corrected chi connectivity index (χ1v) is 6.07. The first-order chi connectivity index (χ1) is 9.25. The molecule has 0 radical (unpaired) electrons. The monoisotopic (exact) mass is 246 g/mol. The summed E-state index contributed by atoms with van der Waals surface area (Å²) in [5.41, 5.74) is 2.82. The number of hydrogen-bond donors (Lipinski definition) is 1. The molecule has 1 unspecified atom stereocenters. The smallest absolute Gasteiger partial charge is 0.141 e. The lowest BCUT2D eigenvalue weighted by Crippen LogP contribution is -1.93. The van der Waals surface area contributed by atoms with Gasteiger partial charge in [0.1, 0.15) is 6.10 Å². The van der Waals surface area contributed by atoms with Crippen molar-refractivity contribution in [3.8, 4) is 23.7 Å². The molecular weight excluding hydrogens is 232 g/mol. The molecule has 1 atom stereocenters. The van der Waals surface area contributed by atoms with Crippen LogP contribution in [0.2, 0.25) is 0 Å². The van der Waals surface area contributed by atoms with E-state index in [1.807, 2.05) is 61.5 Å². The van der Waals surface area contributed by atoms with E-state index in [9.17, 15) is 5.11 Å². The molecule has 0 aliphatic rings. The maximum absolute atomic E-state index is 9.90. The fourth-order valence-electron chi connectivity index (χ4n) is 1.65. The van der Waals surface area contributed by atoms with Gasteiger partial charge in [0, 0.05) is 5.56 Å². The van der Waals surface area contributed by atoms with E-state index in [4.69, 9.17) is 0 Å². The van der Waals surface area contributed by atoms with Gasteiger partial charge >= 0.3 is 0 Å². The van der Waals surface area contributed by atoms with Crippen LogP contribution in [0.15, 0.2) is 54.6 Å². The molecule has 0 bridgehead atoms. The van der Waals surface area contributed by atoms with E-state index >= 15 is 0 Å². The van der Waals surface area contributed by atoms with Crippen molar-refractivity contribution in [1.29, 1.82) is 0 Å². The van der Waals surface area contributed by atoms with Gasteiger partial charge in [-0.1, -0.05) is 59.9 Å². The number of aliphatic hydroxyl groups is 1. The lowest BCUT2D eigenvalue weighted by atomic mass is 10.1. The van der Waals surface area contributed by atoms with Crippen molar-refractivity contribution in [2.45, 2.75) is 13.0 Å². The Labute approximate surface area is 113 Å². The standard InChI is InChI=1S/C18H14O/c1-15-8-7-12-17(14-15)18(19)13-6-5-11-16-9-3-2-4-10-16/h2-4,7-10,12,14,18-19H,1H3. The van der Waals surface area contributed by atoms with Crippen LogP contribution in [0.1, 0.15) is 22.8 Å². The second-order valence-corrected chi connectivity index (χ2v) is 4.20. The molecule has 0 saturated heterocycles. The fraction of sp³-hybridized carbons (Fsp3) is 0.111. The van der Waals surface area contributed by atoms with Gasteiger partial charge in [-0.2, -0.15) is 0 Å². The predicted molar refractivity (Wildman–Crippen MR) is 77.2 cm³/mol. The minimum atomic E-state index is -0.787. The van der Waals surface area contributed by atoms with E-state index in [0.717, 1.165) is 16.7 Å². The molecule has 0 heterocycles. The summed E-state index contributed by atoms with van der Waals surface area (Å²) in [6, 6.07) is 17.3. The molecule has 19 heavy (non-hydrogen) atoms. The Morgan fingerprint density at radius 2 is 1.74 bits per heavy atom. The summed E-state index contributed by atoms with van der Waals surface area (Å²) in [6.45, 7) is 1.98. The second-order valence-electron chi connectivity index (χ2n) is 4.20. The summed E-state index contributed by atoms with van der Waals surface area (Å²) in [5.74, 6) is 11.1. The van der Waals surface area contributed by atoms with Crippen molar-refractivity contribution < 1.29 is 5.11 Å². The van der Waals surface area contributed by atoms with E-state index in [1.54, 1.807) is 0 Å². The number of benzene rings is 2. The van der Waals surface area contributed by atoms with Crippen molar-refractivity contribution in [3.63, 3.8) is 0 Å². The van der Waals surface area contributed by atoms with Crippen LogP contribution in [0.4, 0.5) is 0 Å². The van der Waals surface area contributed by atoms with Gasteiger partial charge in [0.15, 0.2) is 0 Å². The van der Waals surface area contributed by atoms with E-state index < -0.39 is 6.10 Å². The van der Waals surface area contributed by atoms with E-state index in [-0.39, 0.29) is 0 Å². The largest absolute Gasteiger partial charge is 0.376 e. The van der Waals surface area contributed by atoms with E-state index in [0.29, 0.717) is 0 Å². The molecule has 92 valence electrons. The third-order valence-electron chi connectivity index (χ3n) is 2.61. The molecule has 0 aliphatic heterocycles. The average Bonchev–Trinajstić information content (AvgIpc) is 2.44. The van der Waals surface area contributed by atoms with E-state index in [1.165, 1.54) is 0 Å². The minimum Gasteiger partial charge on any atom is -0.376 e. The highest BCUT2D eigenvalue weighted by molar-refractivity contribution is 5.40. The summed E-state index contributed by atoms with van der Waals surface area (Å²) in [6.07, 6.45) is -0.787. The van der Waals surface area contributed by atoms with Crippen molar-refractivity contribution >= 4 is 0 Å². The maximum atomic E-state index is 9.90. The highest BCUT2D eigenvalue weighted by Gasteiger charge is 2.01. The van der Waals surface area contributed by atoms with Gasteiger partial charge in [-0.15, -0.1) is 0 Å². The molecule has 2 rings (SSSR count). The van der Waals surface area contributed by atoms with Crippen molar-refractivity contribution in [1.82, 2.24) is 0 Å². The Morgan fingerprint density at radius 1 is 0.947 bits per heavy atom. The highest BCUT2D eigenvalue weighted by Crippen LogP contribution is 2.12. The zero-order valence-corrected chi connectivity index (χ0v) is 10.7.